The van der Waals surface area contributed by atoms with Gasteiger partial charge >= 0.3 is 0 Å². The van der Waals surface area contributed by atoms with Crippen molar-refractivity contribution in [2.45, 2.75) is 0 Å². The third kappa shape index (κ3) is 5.31. The number of Topliss-reactive ketones (excluding diaryl/α,β-unsaturated/α-hetero) is 1. The van der Waals surface area contributed by atoms with Gasteiger partial charge in [0.05, 0.1) is 24.3 Å². The van der Waals surface area contributed by atoms with Crippen molar-refractivity contribution in [3.8, 4) is 11.3 Å². The van der Waals surface area contributed by atoms with E-state index in [9.17, 15) is 14.0 Å². The van der Waals surface area contributed by atoms with Gasteiger partial charge in [-0.05, 0) is 35.9 Å². The molecule has 1 amide bonds. The fourth-order valence-corrected chi connectivity index (χ4v) is 4.58. The Bertz CT molecular complexity index is 1330. The molecule has 0 atom stereocenters. The van der Waals surface area contributed by atoms with E-state index in [-0.39, 0.29) is 24.1 Å². The van der Waals surface area contributed by atoms with E-state index < -0.39 is 0 Å². The maximum atomic E-state index is 13.5. The number of carbonyl (C=O) groups excluding carboxylic acids is 2. The summed E-state index contributed by atoms with van der Waals surface area (Å²) in [5.74, 6) is -0.381. The fourth-order valence-electron chi connectivity index (χ4n) is 4.58. The number of amides is 1. The number of para-hydroxylation sites is 1. The lowest BCUT2D eigenvalue weighted by atomic mass is 10.0. The molecule has 6 nitrogen and oxygen atoms in total. The summed E-state index contributed by atoms with van der Waals surface area (Å²) in [5, 5.41) is 3.74. The molecule has 1 aliphatic rings. The third-order valence-electron chi connectivity index (χ3n) is 6.37. The molecule has 2 heterocycles. The molecule has 0 bridgehead atoms. The van der Waals surface area contributed by atoms with Gasteiger partial charge in [-0.2, -0.15) is 0 Å². The van der Waals surface area contributed by atoms with E-state index in [4.69, 9.17) is 0 Å². The number of benzene rings is 3. The first-order chi connectivity index (χ1) is 17.1. The van der Waals surface area contributed by atoms with E-state index in [1.165, 1.54) is 12.1 Å². The Morgan fingerprint density at radius 1 is 0.800 bits per heavy atom. The first kappa shape index (κ1) is 23.0. The van der Waals surface area contributed by atoms with Crippen molar-refractivity contribution >= 4 is 28.3 Å². The lowest BCUT2D eigenvalue weighted by Gasteiger charge is -2.33. The van der Waals surface area contributed by atoms with Gasteiger partial charge in [-0.3, -0.25) is 19.4 Å². The number of rotatable bonds is 7. The third-order valence-corrected chi connectivity index (χ3v) is 6.37. The highest BCUT2D eigenvalue weighted by molar-refractivity contribution is 6.14. The van der Waals surface area contributed by atoms with Crippen molar-refractivity contribution in [1.29, 1.82) is 0 Å². The monoisotopic (exact) mass is 470 g/mol. The van der Waals surface area contributed by atoms with Crippen LogP contribution < -0.4 is 5.32 Å². The van der Waals surface area contributed by atoms with E-state index in [0.29, 0.717) is 38.4 Å². The first-order valence-corrected chi connectivity index (χ1v) is 11.8. The van der Waals surface area contributed by atoms with Crippen LogP contribution in [0.2, 0.25) is 0 Å². The van der Waals surface area contributed by atoms with E-state index in [2.05, 4.69) is 20.1 Å². The maximum Gasteiger partial charge on any atom is 0.238 e. The van der Waals surface area contributed by atoms with Crippen molar-refractivity contribution in [2.75, 3.05) is 44.6 Å². The molecule has 3 aromatic carbocycles. The van der Waals surface area contributed by atoms with Gasteiger partial charge in [0, 0.05) is 42.8 Å². The average molecular weight is 471 g/mol. The summed E-state index contributed by atoms with van der Waals surface area (Å²) in [4.78, 5) is 33.5. The highest BCUT2D eigenvalue weighted by Gasteiger charge is 2.24. The SMILES string of the molecule is O=C(CN1CCN(CC(=O)c2c(-c3ccccc3)[nH]c3ccccc23)CC1)Nc1ccc(F)cc1. The van der Waals surface area contributed by atoms with Gasteiger partial charge in [-0.15, -0.1) is 0 Å². The Labute approximate surface area is 203 Å². The summed E-state index contributed by atoms with van der Waals surface area (Å²) in [7, 11) is 0. The zero-order chi connectivity index (χ0) is 24.2. The number of carbonyl (C=O) groups is 2. The second-order valence-corrected chi connectivity index (χ2v) is 8.82. The van der Waals surface area contributed by atoms with Crippen LogP contribution in [0, 0.1) is 5.82 Å². The minimum absolute atomic E-state index is 0.0869. The standard InChI is InChI=1S/C28H27FN4O2/c29-21-10-12-22(13-11-21)30-26(35)19-33-16-14-32(15-17-33)18-25(34)27-23-8-4-5-9-24(23)31-28(27)20-6-2-1-3-7-20/h1-13,31H,14-19H2,(H,30,35). The second-order valence-electron chi connectivity index (χ2n) is 8.82. The molecule has 1 aromatic heterocycles. The number of hydrogen-bond acceptors (Lipinski definition) is 4. The van der Waals surface area contributed by atoms with E-state index in [1.807, 2.05) is 54.6 Å². The molecule has 0 unspecified atom stereocenters. The number of hydrogen-bond donors (Lipinski definition) is 2. The summed E-state index contributed by atoms with van der Waals surface area (Å²) >= 11 is 0. The van der Waals surface area contributed by atoms with Crippen LogP contribution in [0.4, 0.5) is 10.1 Å². The summed E-state index contributed by atoms with van der Waals surface area (Å²) in [6.07, 6.45) is 0. The Hall–Kier alpha value is -3.81. The number of piperazine rings is 1. The van der Waals surface area contributed by atoms with Crippen molar-refractivity contribution in [1.82, 2.24) is 14.8 Å². The normalized spacial score (nSPS) is 14.8. The van der Waals surface area contributed by atoms with Crippen LogP contribution >= 0.6 is 0 Å². The molecule has 0 saturated carbocycles. The Morgan fingerprint density at radius 2 is 1.43 bits per heavy atom. The van der Waals surface area contributed by atoms with Crippen LogP contribution in [-0.4, -0.2) is 65.7 Å². The molecule has 1 fully saturated rings. The van der Waals surface area contributed by atoms with Crippen molar-refractivity contribution in [3.63, 3.8) is 0 Å². The van der Waals surface area contributed by atoms with Gasteiger partial charge in [0.15, 0.2) is 5.78 Å². The quantitative estimate of drug-likeness (QED) is 0.393. The molecule has 0 spiro atoms. The molecule has 5 rings (SSSR count). The number of fused-ring (bicyclic) bond motifs is 1. The first-order valence-electron chi connectivity index (χ1n) is 11.8. The van der Waals surface area contributed by atoms with Gasteiger partial charge in [-0.25, -0.2) is 4.39 Å². The van der Waals surface area contributed by atoms with E-state index in [1.54, 1.807) is 12.1 Å². The van der Waals surface area contributed by atoms with Crippen LogP contribution in [0.25, 0.3) is 22.2 Å². The number of nitrogens with zero attached hydrogens (tertiary/aromatic N) is 2. The summed E-state index contributed by atoms with van der Waals surface area (Å²) in [6.45, 7) is 3.40. The number of nitrogens with one attached hydrogen (secondary N) is 2. The molecule has 35 heavy (non-hydrogen) atoms. The van der Waals surface area contributed by atoms with Gasteiger partial charge in [0.25, 0.3) is 0 Å². The predicted molar refractivity (Wildman–Crippen MR) is 136 cm³/mol. The van der Waals surface area contributed by atoms with Crippen LogP contribution in [0.1, 0.15) is 10.4 Å². The van der Waals surface area contributed by atoms with Gasteiger partial charge < -0.3 is 10.3 Å². The fraction of sp³-hybridized carbons (Fsp3) is 0.214. The number of anilines is 1. The molecule has 1 aliphatic heterocycles. The van der Waals surface area contributed by atoms with Crippen molar-refractivity contribution in [2.24, 2.45) is 0 Å². The highest BCUT2D eigenvalue weighted by atomic mass is 19.1. The number of ketones is 1. The lowest BCUT2D eigenvalue weighted by Crippen LogP contribution is -2.49. The van der Waals surface area contributed by atoms with Crippen LogP contribution in [-0.2, 0) is 4.79 Å². The summed E-state index contributed by atoms with van der Waals surface area (Å²) in [6, 6.07) is 23.6. The highest BCUT2D eigenvalue weighted by Crippen LogP contribution is 2.31. The molecular weight excluding hydrogens is 443 g/mol. The van der Waals surface area contributed by atoms with Crippen LogP contribution in [0.3, 0.4) is 0 Å². The van der Waals surface area contributed by atoms with Gasteiger partial charge in [0.1, 0.15) is 5.82 Å². The molecule has 1 saturated heterocycles. The van der Waals surface area contributed by atoms with Crippen molar-refractivity contribution in [3.05, 3.63) is 90.2 Å². The van der Waals surface area contributed by atoms with Crippen LogP contribution in [0.5, 0.6) is 0 Å². The van der Waals surface area contributed by atoms with Gasteiger partial charge in [-0.1, -0.05) is 48.5 Å². The largest absolute Gasteiger partial charge is 0.354 e. The summed E-state index contributed by atoms with van der Waals surface area (Å²) < 4.78 is 13.0. The molecule has 0 radical (unpaired) electrons. The molecule has 2 N–H and O–H groups in total. The van der Waals surface area contributed by atoms with Crippen molar-refractivity contribution < 1.29 is 14.0 Å². The number of aromatic amines is 1. The minimum Gasteiger partial charge on any atom is -0.354 e. The molecular formula is C28H27FN4O2. The average Bonchev–Trinajstić information content (AvgIpc) is 3.27. The molecule has 178 valence electrons. The Balaban J connectivity index is 1.21. The smallest absolute Gasteiger partial charge is 0.238 e. The summed E-state index contributed by atoms with van der Waals surface area (Å²) in [5.41, 5.74) is 4.10. The zero-order valence-electron chi connectivity index (χ0n) is 19.3. The minimum atomic E-state index is -0.336. The number of halogens is 1. The molecule has 4 aromatic rings. The van der Waals surface area contributed by atoms with E-state index in [0.717, 1.165) is 27.7 Å². The second kappa shape index (κ2) is 10.2. The Morgan fingerprint density at radius 3 is 2.14 bits per heavy atom. The topological polar surface area (TPSA) is 68.4 Å². The lowest BCUT2D eigenvalue weighted by molar-refractivity contribution is -0.117. The maximum absolute atomic E-state index is 13.5. The Kier molecular flexibility index (Phi) is 6.70. The number of aromatic nitrogens is 1. The molecule has 7 heteroatoms. The van der Waals surface area contributed by atoms with Gasteiger partial charge in [0.2, 0.25) is 5.91 Å². The van der Waals surface area contributed by atoms with Crippen LogP contribution in [0.15, 0.2) is 78.9 Å². The predicted octanol–water partition coefficient (Wildman–Crippen LogP) is 4.41. The molecule has 0 aliphatic carbocycles. The number of H-pyrrole nitrogens is 1. The zero-order valence-corrected chi connectivity index (χ0v) is 19.3. The van der Waals surface area contributed by atoms with E-state index >= 15 is 0 Å².